The van der Waals surface area contributed by atoms with Crippen LogP contribution in [0.5, 0.6) is 0 Å². The first-order chi connectivity index (χ1) is 12.5. The van der Waals surface area contributed by atoms with E-state index in [1.165, 1.54) is 5.82 Å². The molecular weight excluding hydrogens is 397 g/mol. The lowest BCUT2D eigenvalue weighted by atomic mass is 9.95. The van der Waals surface area contributed by atoms with Gasteiger partial charge in [-0.3, -0.25) is 9.05 Å². The molecule has 1 aromatic rings. The van der Waals surface area contributed by atoms with Crippen LogP contribution in [0.2, 0.25) is 0 Å². The Hall–Kier alpha value is -0.770. The lowest BCUT2D eigenvalue weighted by Crippen LogP contribution is -2.23. The Balaban J connectivity index is 2.16. The summed E-state index contributed by atoms with van der Waals surface area (Å²) < 4.78 is 55.0. The predicted molar refractivity (Wildman–Crippen MR) is 97.9 cm³/mol. The van der Waals surface area contributed by atoms with Gasteiger partial charge in [0, 0.05) is 13.0 Å². The molecule has 10 heteroatoms. The maximum absolute atomic E-state index is 12.8. The van der Waals surface area contributed by atoms with Crippen LogP contribution in [0, 0.1) is 5.92 Å². The zero-order valence-corrected chi connectivity index (χ0v) is 17.1. The molecule has 4 atom stereocenters. The number of ether oxygens (including phenoxy) is 2. The van der Waals surface area contributed by atoms with Crippen LogP contribution >= 0.6 is 24.5 Å². The summed E-state index contributed by atoms with van der Waals surface area (Å²) in [6.45, 7) is 2.00. The van der Waals surface area contributed by atoms with Crippen molar-refractivity contribution in [3.05, 3.63) is 47.8 Å². The summed E-state index contributed by atoms with van der Waals surface area (Å²) in [6, 6.07) is 9.76. The van der Waals surface area contributed by atoms with Gasteiger partial charge in [-0.2, -0.15) is 0 Å². The molecule has 26 heavy (non-hydrogen) atoms. The normalized spacial score (nSPS) is 28.7. The molecule has 2 rings (SSSR count). The second-order valence-corrected chi connectivity index (χ2v) is 9.48. The van der Waals surface area contributed by atoms with Crippen molar-refractivity contribution in [3.63, 3.8) is 0 Å². The average Bonchev–Trinajstić information content (AvgIpc) is 2.99. The molecular formula is C16H21O7P3. The van der Waals surface area contributed by atoms with Gasteiger partial charge in [0.15, 0.2) is 7.14 Å². The Kier molecular flexibility index (Phi) is 8.72. The Morgan fingerprint density at radius 1 is 1.15 bits per heavy atom. The van der Waals surface area contributed by atoms with Crippen LogP contribution < -0.4 is 0 Å². The molecule has 0 bridgehead atoms. The molecule has 142 valence electrons. The summed E-state index contributed by atoms with van der Waals surface area (Å²) in [5, 5.41) is 0. The third-order valence-corrected chi connectivity index (χ3v) is 6.97. The highest BCUT2D eigenvalue weighted by Gasteiger charge is 2.42. The maximum Gasteiger partial charge on any atom is 0.327 e. The zero-order chi connectivity index (χ0) is 19.0. The van der Waals surface area contributed by atoms with Gasteiger partial charge in [-0.15, -0.1) is 0 Å². The topological polar surface area (TPSA) is 88.1 Å². The molecule has 0 spiro atoms. The van der Waals surface area contributed by atoms with E-state index in [9.17, 15) is 13.7 Å². The highest BCUT2D eigenvalue weighted by atomic mass is 31.2. The molecule has 1 aliphatic rings. The van der Waals surface area contributed by atoms with Gasteiger partial charge >= 0.3 is 17.4 Å². The van der Waals surface area contributed by atoms with E-state index in [1.54, 1.807) is 13.2 Å². The molecule has 1 aromatic carbocycles. The summed E-state index contributed by atoms with van der Waals surface area (Å²) in [6.07, 6.45) is 0.420. The summed E-state index contributed by atoms with van der Waals surface area (Å²) in [5.41, 5.74) is 1.01. The Labute approximate surface area is 156 Å². The number of methoxy groups -OCH3 is 1. The fraction of sp³-hybridized carbons (Fsp3) is 0.500. The van der Waals surface area contributed by atoms with Gasteiger partial charge < -0.3 is 14.0 Å². The number of benzene rings is 1. The first-order valence-corrected chi connectivity index (χ1v) is 11.5. The van der Waals surface area contributed by atoms with Crippen LogP contribution in [-0.4, -0.2) is 32.0 Å². The molecule has 1 aliphatic heterocycles. The predicted octanol–water partition coefficient (Wildman–Crippen LogP) is 5.02. The van der Waals surface area contributed by atoms with Gasteiger partial charge in [-0.25, -0.2) is 9.13 Å². The average molecular weight is 418 g/mol. The molecule has 0 aliphatic carbocycles. The van der Waals surface area contributed by atoms with E-state index < -0.39 is 24.5 Å². The quantitative estimate of drug-likeness (QED) is 0.493. The van der Waals surface area contributed by atoms with Crippen LogP contribution in [0.3, 0.4) is 0 Å². The van der Waals surface area contributed by atoms with E-state index in [1.807, 2.05) is 37.3 Å². The van der Waals surface area contributed by atoms with E-state index in [0.29, 0.717) is 0 Å². The summed E-state index contributed by atoms with van der Waals surface area (Å²) in [7, 11) is -2.62. The van der Waals surface area contributed by atoms with Crippen molar-refractivity contribution in [1.29, 1.82) is 0 Å². The number of rotatable bonds is 10. The van der Waals surface area contributed by atoms with Crippen molar-refractivity contribution in [2.24, 2.45) is 5.92 Å². The van der Waals surface area contributed by atoms with Crippen LogP contribution in [0.15, 0.2) is 42.2 Å². The minimum Gasteiger partial charge on any atom is -0.378 e. The first-order valence-electron chi connectivity index (χ1n) is 7.94. The molecule has 1 fully saturated rings. The summed E-state index contributed by atoms with van der Waals surface area (Å²) in [5.74, 6) is 1.48. The van der Waals surface area contributed by atoms with Crippen molar-refractivity contribution in [2.75, 3.05) is 19.8 Å². The molecule has 7 nitrogen and oxygen atoms in total. The first kappa shape index (κ1) is 21.5. The van der Waals surface area contributed by atoms with Crippen LogP contribution in [0.25, 0.3) is 0 Å². The molecule has 0 radical (unpaired) electrons. The van der Waals surface area contributed by atoms with Crippen molar-refractivity contribution in [3.8, 4) is 0 Å². The second kappa shape index (κ2) is 10.5. The van der Waals surface area contributed by atoms with Gasteiger partial charge in [0.05, 0.1) is 12.2 Å². The van der Waals surface area contributed by atoms with Crippen molar-refractivity contribution < 1.29 is 32.2 Å². The lowest BCUT2D eigenvalue weighted by Gasteiger charge is -2.19. The van der Waals surface area contributed by atoms with Gasteiger partial charge in [0.2, 0.25) is 0 Å². The van der Waals surface area contributed by atoms with Crippen LogP contribution in [-0.2, 0) is 32.2 Å². The summed E-state index contributed by atoms with van der Waals surface area (Å²) >= 11 is 0. The Morgan fingerprint density at radius 3 is 2.31 bits per heavy atom. The van der Waals surface area contributed by atoms with Crippen LogP contribution in [0.1, 0.15) is 18.6 Å². The standard InChI is InChI=1S/C16H21O7P3/c1-12-14(8-9-26(19,10-21-24-17)11-22-25-18)23-16(15(12)20-2)13-6-4-3-5-7-13/h3-9,12,14-16H,10-11H2,1-2H3/b9-8+/t12-,14-,15-,16+/m1/s1. The molecule has 1 heterocycles. The lowest BCUT2D eigenvalue weighted by molar-refractivity contribution is 0.00119. The van der Waals surface area contributed by atoms with Crippen molar-refractivity contribution in [1.82, 2.24) is 0 Å². The van der Waals surface area contributed by atoms with Crippen molar-refractivity contribution >= 4 is 24.5 Å². The van der Waals surface area contributed by atoms with Crippen LogP contribution in [0.4, 0.5) is 0 Å². The van der Waals surface area contributed by atoms with Gasteiger partial charge in [-0.1, -0.05) is 43.3 Å². The molecule has 0 aromatic heterocycles. The number of hydrogen-bond donors (Lipinski definition) is 0. The minimum absolute atomic E-state index is 0.0204. The number of hydrogen-bond acceptors (Lipinski definition) is 7. The smallest absolute Gasteiger partial charge is 0.327 e. The Morgan fingerprint density at radius 2 is 1.77 bits per heavy atom. The summed E-state index contributed by atoms with van der Waals surface area (Å²) in [4.78, 5) is 0. The third kappa shape index (κ3) is 5.61. The monoisotopic (exact) mass is 418 g/mol. The second-order valence-electron chi connectivity index (χ2n) is 5.95. The molecule has 0 N–H and O–H groups in total. The van der Waals surface area contributed by atoms with Crippen molar-refractivity contribution in [2.45, 2.75) is 25.2 Å². The van der Waals surface area contributed by atoms with E-state index in [4.69, 9.17) is 18.5 Å². The highest BCUT2D eigenvalue weighted by molar-refractivity contribution is 7.67. The minimum atomic E-state index is -3.11. The Bertz CT molecular complexity index is 651. The van der Waals surface area contributed by atoms with E-state index in [-0.39, 0.29) is 36.9 Å². The largest absolute Gasteiger partial charge is 0.378 e. The maximum atomic E-state index is 12.8. The fourth-order valence-corrected chi connectivity index (χ4v) is 5.58. The third-order valence-electron chi connectivity index (χ3n) is 4.24. The van der Waals surface area contributed by atoms with Gasteiger partial charge in [0.1, 0.15) is 18.8 Å². The highest BCUT2D eigenvalue weighted by Crippen LogP contribution is 2.50. The zero-order valence-electron chi connectivity index (χ0n) is 14.5. The van der Waals surface area contributed by atoms with E-state index in [0.717, 1.165) is 5.56 Å². The van der Waals surface area contributed by atoms with Gasteiger partial charge in [-0.05, 0) is 11.4 Å². The SMILES string of the molecule is CO[C@@H]1[C@H](C)[C@@H](/C=C/P(=O)(COP=O)COP=O)O[C@H]1c1ccccc1. The van der Waals surface area contributed by atoms with Gasteiger partial charge in [0.25, 0.3) is 0 Å². The fourth-order valence-electron chi connectivity index (χ4n) is 2.91. The molecule has 0 saturated carbocycles. The molecule has 0 unspecified atom stereocenters. The molecule has 1 saturated heterocycles. The van der Waals surface area contributed by atoms with E-state index in [2.05, 4.69) is 0 Å². The van der Waals surface area contributed by atoms with E-state index >= 15 is 0 Å². The molecule has 0 amide bonds.